The van der Waals surface area contributed by atoms with Gasteiger partial charge in [0.1, 0.15) is 5.75 Å². The number of nitrogens with one attached hydrogen (secondary N) is 2. The maximum absolute atomic E-state index is 12.3. The van der Waals surface area contributed by atoms with Crippen LogP contribution in [0.4, 0.5) is 18.9 Å². The molecule has 2 N–H and O–H groups in total. The molecule has 4 nitrogen and oxygen atoms in total. The van der Waals surface area contributed by atoms with E-state index in [2.05, 4.69) is 10.6 Å². The van der Waals surface area contributed by atoms with Gasteiger partial charge in [-0.1, -0.05) is 6.07 Å². The van der Waals surface area contributed by atoms with Gasteiger partial charge in [-0.25, -0.2) is 0 Å². The molecule has 2 rings (SSSR count). The Bertz CT molecular complexity index is 534. The summed E-state index contributed by atoms with van der Waals surface area (Å²) in [6, 6.07) is 4.71. The van der Waals surface area contributed by atoms with Gasteiger partial charge in [-0.2, -0.15) is 13.2 Å². The smallest absolute Gasteiger partial charge is 0.422 e. The van der Waals surface area contributed by atoms with E-state index in [0.29, 0.717) is 5.92 Å². The van der Waals surface area contributed by atoms with E-state index >= 15 is 0 Å². The maximum atomic E-state index is 12.3. The summed E-state index contributed by atoms with van der Waals surface area (Å²) in [4.78, 5) is 11.8. The Morgan fingerprint density at radius 1 is 1.35 bits per heavy atom. The van der Waals surface area contributed by atoms with Gasteiger partial charge in [-0.05, 0) is 49.9 Å². The monoisotopic (exact) mass is 352 g/mol. The summed E-state index contributed by atoms with van der Waals surface area (Å²) in [6.07, 6.45) is -2.05. The highest BCUT2D eigenvalue weighted by Crippen LogP contribution is 2.28. The molecule has 0 spiro atoms. The van der Waals surface area contributed by atoms with Gasteiger partial charge >= 0.3 is 6.18 Å². The van der Waals surface area contributed by atoms with E-state index in [-0.39, 0.29) is 36.3 Å². The highest BCUT2D eigenvalue weighted by molar-refractivity contribution is 5.93. The van der Waals surface area contributed by atoms with E-state index in [1.54, 1.807) is 19.1 Å². The van der Waals surface area contributed by atoms with Crippen LogP contribution in [0, 0.1) is 12.8 Å². The van der Waals surface area contributed by atoms with Gasteiger partial charge in [0.15, 0.2) is 6.61 Å². The Morgan fingerprint density at radius 3 is 2.65 bits per heavy atom. The van der Waals surface area contributed by atoms with Crippen molar-refractivity contribution in [3.05, 3.63) is 23.8 Å². The van der Waals surface area contributed by atoms with Crippen molar-refractivity contribution in [2.45, 2.75) is 25.9 Å². The summed E-state index contributed by atoms with van der Waals surface area (Å²) in [7, 11) is 0. The highest BCUT2D eigenvalue weighted by atomic mass is 35.5. The van der Waals surface area contributed by atoms with Gasteiger partial charge in [0.05, 0.1) is 12.2 Å². The third-order valence-corrected chi connectivity index (χ3v) is 3.22. The van der Waals surface area contributed by atoms with E-state index in [0.717, 1.165) is 12.1 Å². The SMILES string of the molecule is Cc1ccc(NC(=O)CNCC2CC2)c(OCC(F)(F)F)c1.Cl. The third kappa shape index (κ3) is 7.56. The topological polar surface area (TPSA) is 50.4 Å². The minimum Gasteiger partial charge on any atom is -0.482 e. The lowest BCUT2D eigenvalue weighted by atomic mass is 10.2. The summed E-state index contributed by atoms with van der Waals surface area (Å²) < 4.78 is 41.6. The first kappa shape index (κ1) is 19.6. The van der Waals surface area contributed by atoms with Crippen LogP contribution in [-0.4, -0.2) is 31.8 Å². The van der Waals surface area contributed by atoms with E-state index in [1.165, 1.54) is 18.9 Å². The van der Waals surface area contributed by atoms with Gasteiger partial charge in [0.2, 0.25) is 5.91 Å². The molecule has 1 saturated carbocycles. The van der Waals surface area contributed by atoms with Gasteiger partial charge in [0, 0.05) is 0 Å². The summed E-state index contributed by atoms with van der Waals surface area (Å²) in [5.74, 6) is 0.368. The number of hydrogen-bond acceptors (Lipinski definition) is 3. The number of amides is 1. The number of carbonyl (C=O) groups excluding carboxylic acids is 1. The van der Waals surface area contributed by atoms with Crippen LogP contribution in [0.5, 0.6) is 5.75 Å². The molecule has 0 atom stereocenters. The van der Waals surface area contributed by atoms with E-state index < -0.39 is 12.8 Å². The van der Waals surface area contributed by atoms with Crippen molar-refractivity contribution in [2.24, 2.45) is 5.92 Å². The molecule has 0 heterocycles. The van der Waals surface area contributed by atoms with Crippen LogP contribution in [0.2, 0.25) is 0 Å². The second-order valence-electron chi connectivity index (χ2n) is 5.53. The fraction of sp³-hybridized carbons (Fsp3) is 0.533. The number of ether oxygens (including phenoxy) is 1. The van der Waals surface area contributed by atoms with Gasteiger partial charge in [-0.3, -0.25) is 4.79 Å². The normalized spacial score (nSPS) is 14.1. The van der Waals surface area contributed by atoms with Crippen molar-refractivity contribution in [3.8, 4) is 5.75 Å². The molecule has 1 aliphatic carbocycles. The third-order valence-electron chi connectivity index (χ3n) is 3.22. The lowest BCUT2D eigenvalue weighted by Crippen LogP contribution is -2.29. The Kier molecular flexibility index (Phi) is 7.15. The summed E-state index contributed by atoms with van der Waals surface area (Å²) in [6.45, 7) is 1.27. The van der Waals surface area contributed by atoms with Crippen LogP contribution >= 0.6 is 12.4 Å². The number of alkyl halides is 3. The number of benzene rings is 1. The Hall–Kier alpha value is -1.47. The summed E-state index contributed by atoms with van der Waals surface area (Å²) in [5.41, 5.74) is 0.995. The molecule has 1 aliphatic rings. The van der Waals surface area contributed by atoms with Crippen molar-refractivity contribution >= 4 is 24.0 Å². The molecule has 130 valence electrons. The second-order valence-corrected chi connectivity index (χ2v) is 5.53. The molecule has 0 unspecified atom stereocenters. The van der Waals surface area contributed by atoms with Gasteiger partial charge in [0.25, 0.3) is 0 Å². The van der Waals surface area contributed by atoms with Crippen LogP contribution < -0.4 is 15.4 Å². The van der Waals surface area contributed by atoms with Crippen LogP contribution in [0.3, 0.4) is 0 Å². The fourth-order valence-electron chi connectivity index (χ4n) is 1.92. The first-order valence-electron chi connectivity index (χ1n) is 7.14. The predicted molar refractivity (Wildman–Crippen MR) is 84.2 cm³/mol. The molecule has 0 aromatic heterocycles. The number of rotatable bonds is 7. The van der Waals surface area contributed by atoms with Gasteiger partial charge in [-0.15, -0.1) is 12.4 Å². The zero-order chi connectivity index (χ0) is 16.2. The van der Waals surface area contributed by atoms with Crippen molar-refractivity contribution in [1.29, 1.82) is 0 Å². The van der Waals surface area contributed by atoms with Crippen LogP contribution in [0.25, 0.3) is 0 Å². The number of anilines is 1. The quantitative estimate of drug-likeness (QED) is 0.791. The lowest BCUT2D eigenvalue weighted by Gasteiger charge is -2.15. The van der Waals surface area contributed by atoms with Crippen molar-refractivity contribution < 1.29 is 22.7 Å². The molecular weight excluding hydrogens is 333 g/mol. The highest BCUT2D eigenvalue weighted by Gasteiger charge is 2.29. The number of halogens is 4. The summed E-state index contributed by atoms with van der Waals surface area (Å²) >= 11 is 0. The van der Waals surface area contributed by atoms with E-state index in [1.807, 2.05) is 0 Å². The Morgan fingerprint density at radius 2 is 2.04 bits per heavy atom. The fourth-order valence-corrected chi connectivity index (χ4v) is 1.92. The van der Waals surface area contributed by atoms with Crippen molar-refractivity contribution in [2.75, 3.05) is 25.0 Å². The molecule has 0 bridgehead atoms. The van der Waals surface area contributed by atoms with E-state index in [4.69, 9.17) is 4.74 Å². The van der Waals surface area contributed by atoms with Gasteiger partial charge < -0.3 is 15.4 Å². The largest absolute Gasteiger partial charge is 0.482 e. The zero-order valence-electron chi connectivity index (χ0n) is 12.7. The average molecular weight is 353 g/mol. The molecule has 8 heteroatoms. The van der Waals surface area contributed by atoms with E-state index in [9.17, 15) is 18.0 Å². The molecule has 0 radical (unpaired) electrons. The minimum atomic E-state index is -4.42. The molecule has 1 amide bonds. The number of aryl methyl sites for hydroxylation is 1. The molecule has 1 aromatic carbocycles. The Balaban J connectivity index is 0.00000264. The number of hydrogen-bond donors (Lipinski definition) is 2. The molecule has 0 saturated heterocycles. The first-order chi connectivity index (χ1) is 10.3. The van der Waals surface area contributed by atoms with Crippen LogP contribution in [0.1, 0.15) is 18.4 Å². The van der Waals surface area contributed by atoms with Crippen molar-refractivity contribution in [1.82, 2.24) is 5.32 Å². The van der Waals surface area contributed by atoms with Crippen molar-refractivity contribution in [3.63, 3.8) is 0 Å². The molecule has 1 fully saturated rings. The van der Waals surface area contributed by atoms with Crippen LogP contribution in [0.15, 0.2) is 18.2 Å². The lowest BCUT2D eigenvalue weighted by molar-refractivity contribution is -0.153. The molecule has 23 heavy (non-hydrogen) atoms. The summed E-state index contributed by atoms with van der Waals surface area (Å²) in [5, 5.41) is 5.60. The molecular formula is C15H20ClF3N2O2. The second kappa shape index (κ2) is 8.40. The molecule has 0 aliphatic heterocycles. The van der Waals surface area contributed by atoms with Crippen LogP contribution in [-0.2, 0) is 4.79 Å². The molecule has 1 aromatic rings. The Labute approximate surface area is 139 Å². The standard InChI is InChI=1S/C15H19F3N2O2.ClH/c1-10-2-5-12(13(6-10)22-9-15(16,17)18)20-14(21)8-19-7-11-3-4-11;/h2,5-6,11,19H,3-4,7-9H2,1H3,(H,20,21);1H. The predicted octanol–water partition coefficient (Wildman–Crippen LogP) is 3.30. The average Bonchev–Trinajstić information content (AvgIpc) is 3.22. The minimum absolute atomic E-state index is 0. The maximum Gasteiger partial charge on any atom is 0.422 e. The number of carbonyl (C=O) groups is 1. The first-order valence-corrected chi connectivity index (χ1v) is 7.14. The zero-order valence-corrected chi connectivity index (χ0v) is 13.5.